The number of aromatic nitrogens is 2. The zero-order chi connectivity index (χ0) is 21.3. The highest BCUT2D eigenvalue weighted by atomic mass is 19.4. The molecule has 0 saturated carbocycles. The normalized spacial score (nSPS) is 12.0. The van der Waals surface area contributed by atoms with E-state index in [1.807, 2.05) is 6.92 Å². The fraction of sp³-hybridized carbons (Fsp3) is 0.455. The van der Waals surface area contributed by atoms with E-state index in [1.54, 1.807) is 6.20 Å². The van der Waals surface area contributed by atoms with Crippen LogP contribution in [0, 0.1) is 0 Å². The fourth-order valence-electron chi connectivity index (χ4n) is 0.925. The highest BCUT2D eigenvalue weighted by Crippen LogP contribution is 2.18. The second-order valence-electron chi connectivity index (χ2n) is 4.31. The summed E-state index contributed by atoms with van der Waals surface area (Å²) in [5, 5.41) is 14.2. The van der Waals surface area contributed by atoms with Gasteiger partial charge in [-0.15, -0.1) is 0 Å². The molecule has 0 fully saturated rings. The van der Waals surface area contributed by atoms with Crippen LogP contribution in [0.4, 0.5) is 38.1 Å². The quantitative estimate of drug-likeness (QED) is 0.456. The van der Waals surface area contributed by atoms with Crippen molar-refractivity contribution in [2.45, 2.75) is 25.2 Å². The molecule has 1 atom stereocenters. The third-order valence-corrected chi connectivity index (χ3v) is 2.24. The average molecular weight is 395 g/mol. The van der Waals surface area contributed by atoms with Gasteiger partial charge in [0.1, 0.15) is 5.82 Å². The van der Waals surface area contributed by atoms with Crippen molar-refractivity contribution in [1.82, 2.24) is 9.97 Å². The number of aliphatic carboxylic acids is 2. The molecule has 0 aliphatic heterocycles. The molecule has 1 aromatic heterocycles. The molecule has 1 unspecified atom stereocenters. The lowest BCUT2D eigenvalue weighted by Gasteiger charge is -2.09. The van der Waals surface area contributed by atoms with Crippen LogP contribution in [0.2, 0.25) is 0 Å². The SMILES string of the molecule is CC(CN)c1cnc(N)nc1N.O=C(O)C(F)(F)F.O=C(O)C(F)(F)F. The molecule has 0 aromatic carbocycles. The molecule has 1 heterocycles. The number of nitrogens with two attached hydrogens (primary N) is 3. The van der Waals surface area contributed by atoms with Crippen LogP contribution in [0.25, 0.3) is 0 Å². The maximum atomic E-state index is 10.6. The number of nitrogen functional groups attached to an aromatic ring is 2. The van der Waals surface area contributed by atoms with Crippen LogP contribution < -0.4 is 17.2 Å². The highest BCUT2D eigenvalue weighted by molar-refractivity contribution is 5.73. The van der Waals surface area contributed by atoms with Crippen molar-refractivity contribution in [2.24, 2.45) is 5.73 Å². The van der Waals surface area contributed by atoms with E-state index in [4.69, 9.17) is 37.0 Å². The van der Waals surface area contributed by atoms with Crippen LogP contribution in [0.3, 0.4) is 0 Å². The molecule has 0 amide bonds. The molecule has 8 N–H and O–H groups in total. The first-order chi connectivity index (χ1) is 11.5. The zero-order valence-electron chi connectivity index (χ0n) is 13.0. The van der Waals surface area contributed by atoms with Crippen molar-refractivity contribution in [2.75, 3.05) is 18.0 Å². The van der Waals surface area contributed by atoms with Crippen LogP contribution in [-0.4, -0.2) is 51.0 Å². The second-order valence-corrected chi connectivity index (χ2v) is 4.31. The van der Waals surface area contributed by atoms with Gasteiger partial charge in [0.25, 0.3) is 0 Å². The maximum absolute atomic E-state index is 10.6. The first-order valence-electron chi connectivity index (χ1n) is 6.22. The summed E-state index contributed by atoms with van der Waals surface area (Å²) in [5.41, 5.74) is 17.3. The maximum Gasteiger partial charge on any atom is 0.490 e. The Morgan fingerprint density at radius 3 is 1.65 bits per heavy atom. The van der Waals surface area contributed by atoms with Gasteiger partial charge < -0.3 is 27.4 Å². The lowest BCUT2D eigenvalue weighted by atomic mass is 10.0. The lowest BCUT2D eigenvalue weighted by Crippen LogP contribution is -2.21. The molecule has 15 heteroatoms. The van der Waals surface area contributed by atoms with Crippen molar-refractivity contribution in [3.8, 4) is 0 Å². The minimum absolute atomic E-state index is 0.172. The second kappa shape index (κ2) is 10.2. The number of hydrogen-bond donors (Lipinski definition) is 5. The number of carboxylic acids is 2. The predicted molar refractivity (Wildman–Crippen MR) is 75.7 cm³/mol. The van der Waals surface area contributed by atoms with Crippen molar-refractivity contribution < 1.29 is 46.1 Å². The van der Waals surface area contributed by atoms with E-state index in [1.165, 1.54) is 0 Å². The Morgan fingerprint density at radius 2 is 1.42 bits per heavy atom. The topological polar surface area (TPSA) is 178 Å². The minimum atomic E-state index is -5.08. The van der Waals surface area contributed by atoms with Gasteiger partial charge in [-0.2, -0.15) is 31.3 Å². The van der Waals surface area contributed by atoms with Gasteiger partial charge in [-0.25, -0.2) is 14.6 Å². The smallest absolute Gasteiger partial charge is 0.475 e. The van der Waals surface area contributed by atoms with E-state index >= 15 is 0 Å². The number of anilines is 2. The molecule has 9 nitrogen and oxygen atoms in total. The number of nitrogens with zero attached hydrogens (tertiary/aromatic N) is 2. The lowest BCUT2D eigenvalue weighted by molar-refractivity contribution is -0.193. The highest BCUT2D eigenvalue weighted by Gasteiger charge is 2.38. The van der Waals surface area contributed by atoms with E-state index in [-0.39, 0.29) is 11.9 Å². The van der Waals surface area contributed by atoms with E-state index in [2.05, 4.69) is 9.97 Å². The van der Waals surface area contributed by atoms with Gasteiger partial charge in [0.15, 0.2) is 0 Å². The van der Waals surface area contributed by atoms with Gasteiger partial charge in [0.05, 0.1) is 0 Å². The first kappa shape index (κ1) is 25.4. The van der Waals surface area contributed by atoms with Crippen LogP contribution >= 0.6 is 0 Å². The van der Waals surface area contributed by atoms with E-state index in [0.717, 1.165) is 5.56 Å². The molecular formula is C11H15F6N5O4. The summed E-state index contributed by atoms with van der Waals surface area (Å²) in [6.07, 6.45) is -8.55. The Labute approximate surface area is 141 Å². The summed E-state index contributed by atoms with van der Waals surface area (Å²) in [4.78, 5) is 25.5. The molecule has 0 spiro atoms. The Morgan fingerprint density at radius 1 is 1.08 bits per heavy atom. The predicted octanol–water partition coefficient (Wildman–Crippen LogP) is 0.970. The molecule has 0 aliphatic carbocycles. The Balaban J connectivity index is 0. The average Bonchev–Trinajstić information content (AvgIpc) is 2.45. The fourth-order valence-corrected chi connectivity index (χ4v) is 0.925. The van der Waals surface area contributed by atoms with Gasteiger partial charge >= 0.3 is 24.3 Å². The Bertz CT molecular complexity index is 584. The molecule has 0 radical (unpaired) electrons. The summed E-state index contributed by atoms with van der Waals surface area (Å²) >= 11 is 0. The molecular weight excluding hydrogens is 380 g/mol. The Hall–Kier alpha value is -2.84. The third-order valence-electron chi connectivity index (χ3n) is 2.24. The van der Waals surface area contributed by atoms with Crippen LogP contribution in [0.5, 0.6) is 0 Å². The van der Waals surface area contributed by atoms with Gasteiger partial charge in [0, 0.05) is 11.8 Å². The third kappa shape index (κ3) is 10.8. The summed E-state index contributed by atoms with van der Waals surface area (Å²) < 4.78 is 63.5. The number of hydrogen-bond acceptors (Lipinski definition) is 7. The van der Waals surface area contributed by atoms with E-state index < -0.39 is 24.3 Å². The molecule has 1 rings (SSSR count). The van der Waals surface area contributed by atoms with Crippen molar-refractivity contribution in [1.29, 1.82) is 0 Å². The van der Waals surface area contributed by atoms with Gasteiger partial charge in [0.2, 0.25) is 5.95 Å². The number of alkyl halides is 6. The van der Waals surface area contributed by atoms with E-state index in [0.29, 0.717) is 12.4 Å². The summed E-state index contributed by atoms with van der Waals surface area (Å²) in [6.45, 7) is 2.49. The first-order valence-corrected chi connectivity index (χ1v) is 6.22. The molecule has 0 saturated heterocycles. The summed E-state index contributed by atoms with van der Waals surface area (Å²) in [5.74, 6) is -4.73. The number of carboxylic acid groups (broad SMARTS) is 2. The zero-order valence-corrected chi connectivity index (χ0v) is 13.0. The number of rotatable bonds is 2. The molecule has 1 aromatic rings. The van der Waals surface area contributed by atoms with Gasteiger partial charge in [-0.3, -0.25) is 0 Å². The summed E-state index contributed by atoms with van der Waals surface area (Å²) in [7, 11) is 0. The monoisotopic (exact) mass is 395 g/mol. The minimum Gasteiger partial charge on any atom is -0.475 e. The molecule has 0 aliphatic rings. The van der Waals surface area contributed by atoms with E-state index in [9.17, 15) is 26.3 Å². The van der Waals surface area contributed by atoms with Crippen molar-refractivity contribution in [3.05, 3.63) is 11.8 Å². The van der Waals surface area contributed by atoms with Crippen LogP contribution in [0.15, 0.2) is 6.20 Å². The van der Waals surface area contributed by atoms with Crippen LogP contribution in [-0.2, 0) is 9.59 Å². The van der Waals surface area contributed by atoms with Gasteiger partial charge in [-0.1, -0.05) is 6.92 Å². The van der Waals surface area contributed by atoms with Crippen molar-refractivity contribution >= 4 is 23.7 Å². The standard InChI is InChI=1S/C7H13N5.2C2HF3O2/c1-4(2-8)5-3-11-7(10)12-6(5)9;2*3-2(4,5)1(6)7/h3-4H,2,8H2,1H3,(H4,9,10,11,12);2*(H,6,7). The molecule has 26 heavy (non-hydrogen) atoms. The van der Waals surface area contributed by atoms with Gasteiger partial charge in [-0.05, 0) is 12.5 Å². The number of carbonyl (C=O) groups is 2. The summed E-state index contributed by atoms with van der Waals surface area (Å²) in [6, 6.07) is 0. The van der Waals surface area contributed by atoms with Crippen molar-refractivity contribution in [3.63, 3.8) is 0 Å². The molecule has 0 bridgehead atoms. The van der Waals surface area contributed by atoms with Crippen LogP contribution in [0.1, 0.15) is 18.4 Å². The number of halogens is 6. The largest absolute Gasteiger partial charge is 0.490 e. The Kier molecular flexibility index (Phi) is 9.98. The molecule has 150 valence electrons.